The highest BCUT2D eigenvalue weighted by molar-refractivity contribution is 7.94. The summed E-state index contributed by atoms with van der Waals surface area (Å²) in [5, 5.41) is 0. The molecule has 1 rings (SSSR count). The van der Waals surface area contributed by atoms with E-state index < -0.39 is 12.3 Å². The summed E-state index contributed by atoms with van der Waals surface area (Å²) in [6, 6.07) is 0. The van der Waals surface area contributed by atoms with E-state index in [-0.39, 0.29) is 6.42 Å². The molecule has 0 amide bonds. The van der Waals surface area contributed by atoms with E-state index in [1.807, 2.05) is 0 Å². The summed E-state index contributed by atoms with van der Waals surface area (Å²) >= 11 is 0.616. The molecule has 0 bridgehead atoms. The van der Waals surface area contributed by atoms with Crippen LogP contribution in [0.2, 0.25) is 0 Å². The molecular weight excluding hydrogens is 153 g/mol. The van der Waals surface area contributed by atoms with Gasteiger partial charge in [-0.15, -0.1) is 0 Å². The molecule has 5 heteroatoms. The summed E-state index contributed by atoms with van der Waals surface area (Å²) in [5.74, 6) is 0.302. The van der Waals surface area contributed by atoms with Gasteiger partial charge in [-0.05, 0) is 18.5 Å². The van der Waals surface area contributed by atoms with Gasteiger partial charge in [-0.2, -0.15) is 8.78 Å². The van der Waals surface area contributed by atoms with E-state index in [2.05, 4.69) is 4.18 Å². The number of hydrogen-bond donors (Lipinski definition) is 0. The van der Waals surface area contributed by atoms with Crippen LogP contribution in [0.4, 0.5) is 13.2 Å². The minimum absolute atomic E-state index is 0.127. The van der Waals surface area contributed by atoms with Crippen molar-refractivity contribution in [2.75, 3.05) is 5.75 Å². The van der Waals surface area contributed by atoms with Gasteiger partial charge in [-0.1, -0.05) is 0 Å². The average Bonchev–Trinajstić information content (AvgIpc) is 1.77. The van der Waals surface area contributed by atoms with E-state index in [1.165, 1.54) is 0 Å². The van der Waals surface area contributed by atoms with Crippen LogP contribution in [-0.2, 0) is 4.18 Å². The van der Waals surface area contributed by atoms with Crippen LogP contribution in [0.5, 0.6) is 0 Å². The van der Waals surface area contributed by atoms with Gasteiger partial charge in [0, 0.05) is 5.75 Å². The highest BCUT2D eigenvalue weighted by Crippen LogP contribution is 2.35. The first kappa shape index (κ1) is 7.21. The SMILES string of the molecule is FC1CCSOC1(F)F. The van der Waals surface area contributed by atoms with Gasteiger partial charge in [-0.25, -0.2) is 8.57 Å². The first-order valence-corrected chi connectivity index (χ1v) is 3.36. The summed E-state index contributed by atoms with van der Waals surface area (Å²) < 4.78 is 39.8. The lowest BCUT2D eigenvalue weighted by Gasteiger charge is -2.23. The van der Waals surface area contributed by atoms with Gasteiger partial charge in [0.2, 0.25) is 0 Å². The summed E-state index contributed by atoms with van der Waals surface area (Å²) in [6.45, 7) is 0. The van der Waals surface area contributed by atoms with Crippen molar-refractivity contribution in [1.29, 1.82) is 0 Å². The lowest BCUT2D eigenvalue weighted by Crippen LogP contribution is -2.34. The number of halogens is 3. The monoisotopic (exact) mass is 158 g/mol. The average molecular weight is 158 g/mol. The summed E-state index contributed by atoms with van der Waals surface area (Å²) in [6.07, 6.45) is -5.82. The van der Waals surface area contributed by atoms with Crippen LogP contribution in [0.25, 0.3) is 0 Å². The predicted octanol–water partition coefficient (Wildman–Crippen LogP) is 1.99. The van der Waals surface area contributed by atoms with Crippen LogP contribution in [0.1, 0.15) is 6.42 Å². The molecule has 0 aliphatic carbocycles. The van der Waals surface area contributed by atoms with Crippen molar-refractivity contribution in [3.8, 4) is 0 Å². The zero-order chi connectivity index (χ0) is 6.91. The van der Waals surface area contributed by atoms with Crippen LogP contribution >= 0.6 is 12.0 Å². The second kappa shape index (κ2) is 2.38. The van der Waals surface area contributed by atoms with Crippen molar-refractivity contribution >= 4 is 12.0 Å². The lowest BCUT2D eigenvalue weighted by molar-refractivity contribution is -0.216. The highest BCUT2D eigenvalue weighted by atomic mass is 32.2. The van der Waals surface area contributed by atoms with Crippen molar-refractivity contribution in [3.63, 3.8) is 0 Å². The third-order valence-corrected chi connectivity index (χ3v) is 1.73. The molecule has 1 saturated heterocycles. The maximum Gasteiger partial charge on any atom is 0.397 e. The maximum absolute atomic E-state index is 12.1. The molecule has 0 N–H and O–H groups in total. The first-order chi connectivity index (χ1) is 4.13. The fraction of sp³-hybridized carbons (Fsp3) is 1.00. The van der Waals surface area contributed by atoms with Gasteiger partial charge < -0.3 is 0 Å². The molecule has 0 aromatic heterocycles. The van der Waals surface area contributed by atoms with Crippen LogP contribution in [-0.4, -0.2) is 18.0 Å². The third-order valence-electron chi connectivity index (χ3n) is 0.989. The molecule has 1 nitrogen and oxygen atoms in total. The van der Waals surface area contributed by atoms with Crippen LogP contribution in [0, 0.1) is 0 Å². The standard InChI is InChI=1S/C4H5F3OS/c5-3-1-2-9-8-4(3,6)7/h3H,1-2H2. The molecule has 1 unspecified atom stereocenters. The topological polar surface area (TPSA) is 9.23 Å². The molecule has 9 heavy (non-hydrogen) atoms. The van der Waals surface area contributed by atoms with Gasteiger partial charge in [-0.3, -0.25) is 0 Å². The molecule has 54 valence electrons. The fourth-order valence-corrected chi connectivity index (χ4v) is 1.14. The molecule has 0 aromatic carbocycles. The second-order valence-corrected chi connectivity index (χ2v) is 2.53. The van der Waals surface area contributed by atoms with E-state index in [0.29, 0.717) is 17.8 Å². The van der Waals surface area contributed by atoms with Crippen molar-refractivity contribution in [2.45, 2.75) is 18.7 Å². The minimum atomic E-state index is -3.57. The molecule has 1 aliphatic rings. The molecule has 1 aliphatic heterocycles. The van der Waals surface area contributed by atoms with E-state index >= 15 is 0 Å². The van der Waals surface area contributed by atoms with Crippen molar-refractivity contribution in [3.05, 3.63) is 0 Å². The van der Waals surface area contributed by atoms with Gasteiger partial charge in [0.15, 0.2) is 6.17 Å². The Morgan fingerprint density at radius 1 is 1.56 bits per heavy atom. The van der Waals surface area contributed by atoms with Gasteiger partial charge in [0.1, 0.15) is 0 Å². The number of alkyl halides is 3. The molecular formula is C4H5F3OS. The first-order valence-electron chi connectivity index (χ1n) is 2.45. The largest absolute Gasteiger partial charge is 0.397 e. The Bertz CT molecular complexity index is 108. The quantitative estimate of drug-likeness (QED) is 0.498. The maximum atomic E-state index is 12.1. The molecule has 0 spiro atoms. The van der Waals surface area contributed by atoms with E-state index in [4.69, 9.17) is 0 Å². The Kier molecular flexibility index (Phi) is 1.91. The van der Waals surface area contributed by atoms with Gasteiger partial charge in [0.25, 0.3) is 0 Å². The zero-order valence-electron chi connectivity index (χ0n) is 4.44. The normalized spacial score (nSPS) is 34.3. The van der Waals surface area contributed by atoms with Crippen molar-refractivity contribution < 1.29 is 17.4 Å². The fourth-order valence-electron chi connectivity index (χ4n) is 0.492. The molecule has 1 fully saturated rings. The Morgan fingerprint density at radius 2 is 2.22 bits per heavy atom. The Balaban J connectivity index is 2.49. The van der Waals surface area contributed by atoms with Crippen molar-refractivity contribution in [1.82, 2.24) is 0 Å². The van der Waals surface area contributed by atoms with Crippen LogP contribution in [0.15, 0.2) is 0 Å². The predicted molar refractivity (Wildman–Crippen MR) is 28.0 cm³/mol. The van der Waals surface area contributed by atoms with Crippen molar-refractivity contribution in [2.24, 2.45) is 0 Å². The van der Waals surface area contributed by atoms with E-state index in [1.54, 1.807) is 0 Å². The summed E-state index contributed by atoms with van der Waals surface area (Å²) in [4.78, 5) is 0. The highest BCUT2D eigenvalue weighted by Gasteiger charge is 2.44. The van der Waals surface area contributed by atoms with Crippen LogP contribution in [0.3, 0.4) is 0 Å². The lowest BCUT2D eigenvalue weighted by atomic mass is 10.3. The summed E-state index contributed by atoms with van der Waals surface area (Å²) in [7, 11) is 0. The number of hydrogen-bond acceptors (Lipinski definition) is 2. The minimum Gasteiger partial charge on any atom is -0.247 e. The molecule has 0 saturated carbocycles. The smallest absolute Gasteiger partial charge is 0.247 e. The Labute approximate surface area is 54.8 Å². The Morgan fingerprint density at radius 3 is 2.56 bits per heavy atom. The molecule has 1 atom stereocenters. The van der Waals surface area contributed by atoms with Crippen LogP contribution < -0.4 is 0 Å². The zero-order valence-corrected chi connectivity index (χ0v) is 5.26. The Hall–Kier alpha value is 0.1000. The van der Waals surface area contributed by atoms with E-state index in [0.717, 1.165) is 0 Å². The third kappa shape index (κ3) is 1.52. The summed E-state index contributed by atoms with van der Waals surface area (Å²) in [5.41, 5.74) is 0. The van der Waals surface area contributed by atoms with E-state index in [9.17, 15) is 13.2 Å². The van der Waals surface area contributed by atoms with Gasteiger partial charge in [0.05, 0.1) is 0 Å². The molecule has 0 aromatic rings. The second-order valence-electron chi connectivity index (χ2n) is 1.72. The molecule has 0 radical (unpaired) electrons. The molecule has 1 heterocycles. The number of rotatable bonds is 0. The van der Waals surface area contributed by atoms with Gasteiger partial charge >= 0.3 is 6.11 Å².